The maximum absolute atomic E-state index is 13.3. The Labute approximate surface area is 208 Å². The van der Waals surface area contributed by atoms with Gasteiger partial charge >= 0.3 is 0 Å². The topological polar surface area (TPSA) is 92.9 Å². The molecular formula is C25H28N8OS. The molecule has 0 N–H and O–H groups in total. The highest BCUT2D eigenvalue weighted by Gasteiger charge is 2.32. The van der Waals surface area contributed by atoms with Crippen molar-refractivity contribution < 1.29 is 4.79 Å². The van der Waals surface area contributed by atoms with E-state index in [4.69, 9.17) is 4.98 Å². The second-order valence-electron chi connectivity index (χ2n) is 9.37. The first-order valence-electron chi connectivity index (χ1n) is 12.3. The molecular weight excluding hydrogens is 460 g/mol. The maximum Gasteiger partial charge on any atom is 0.225 e. The highest BCUT2D eigenvalue weighted by Crippen LogP contribution is 2.33. The first kappa shape index (κ1) is 22.2. The van der Waals surface area contributed by atoms with Crippen LogP contribution in [0.1, 0.15) is 37.4 Å². The lowest BCUT2D eigenvalue weighted by molar-refractivity contribution is -0.138. The van der Waals surface area contributed by atoms with Crippen LogP contribution in [0.2, 0.25) is 0 Å². The van der Waals surface area contributed by atoms with Gasteiger partial charge < -0.3 is 9.47 Å². The van der Waals surface area contributed by atoms with Crippen molar-refractivity contribution in [2.45, 2.75) is 38.3 Å². The predicted molar refractivity (Wildman–Crippen MR) is 134 cm³/mol. The minimum atomic E-state index is 0.121. The second kappa shape index (κ2) is 9.79. The molecule has 4 aromatic heterocycles. The zero-order valence-electron chi connectivity index (χ0n) is 19.5. The van der Waals surface area contributed by atoms with Gasteiger partial charge in [0.15, 0.2) is 11.5 Å². The van der Waals surface area contributed by atoms with E-state index in [2.05, 4.69) is 33.9 Å². The number of aromatic nitrogens is 6. The number of hydrogen-bond acceptors (Lipinski definition) is 8. The van der Waals surface area contributed by atoms with Gasteiger partial charge in [0.25, 0.3) is 0 Å². The molecule has 0 unspecified atom stereocenters. The summed E-state index contributed by atoms with van der Waals surface area (Å²) in [6.45, 7) is 4.23. The Bertz CT molecular complexity index is 1280. The van der Waals surface area contributed by atoms with Crippen molar-refractivity contribution in [3.63, 3.8) is 0 Å². The van der Waals surface area contributed by atoms with Gasteiger partial charge in [-0.3, -0.25) is 14.7 Å². The summed E-state index contributed by atoms with van der Waals surface area (Å²) < 4.78 is 6.19. The molecule has 2 fully saturated rings. The molecule has 4 aromatic rings. The standard InChI is InChI=1S/C25H28N8OS/c34-25(18-6-12-31(13-7-18)16-19-17-35-30-29-19)32-14-8-20(9-15-32)33-23-22(5-3-11-27-23)28-24(33)21-4-1-2-10-26-21/h1-5,10-11,17-18,20H,6-9,12-16H2. The van der Waals surface area contributed by atoms with Crippen molar-refractivity contribution in [1.82, 2.24) is 38.9 Å². The van der Waals surface area contributed by atoms with Crippen molar-refractivity contribution in [3.05, 3.63) is 53.8 Å². The highest BCUT2D eigenvalue weighted by molar-refractivity contribution is 7.03. The zero-order valence-corrected chi connectivity index (χ0v) is 20.3. The third kappa shape index (κ3) is 4.55. The fourth-order valence-corrected chi connectivity index (χ4v) is 5.82. The van der Waals surface area contributed by atoms with Crippen LogP contribution in [0.4, 0.5) is 0 Å². The van der Waals surface area contributed by atoms with Crippen molar-refractivity contribution in [1.29, 1.82) is 0 Å². The summed E-state index contributed by atoms with van der Waals surface area (Å²) in [4.78, 5) is 31.8. The van der Waals surface area contributed by atoms with Gasteiger partial charge in [0.1, 0.15) is 11.2 Å². The molecule has 0 atom stereocenters. The second-order valence-corrected chi connectivity index (χ2v) is 9.98. The number of imidazole rings is 1. The van der Waals surface area contributed by atoms with Gasteiger partial charge in [-0.05, 0) is 74.6 Å². The van der Waals surface area contributed by atoms with E-state index in [-0.39, 0.29) is 12.0 Å². The molecule has 6 rings (SSSR count). The molecule has 6 heterocycles. The summed E-state index contributed by atoms with van der Waals surface area (Å²) in [5.74, 6) is 1.29. The molecule has 9 nitrogen and oxygen atoms in total. The predicted octanol–water partition coefficient (Wildman–Crippen LogP) is 3.42. The van der Waals surface area contributed by atoms with Gasteiger partial charge in [0.2, 0.25) is 5.91 Å². The summed E-state index contributed by atoms with van der Waals surface area (Å²) in [5, 5.41) is 6.15. The lowest BCUT2D eigenvalue weighted by Crippen LogP contribution is -2.45. The van der Waals surface area contributed by atoms with Gasteiger partial charge in [0, 0.05) is 49.4 Å². The third-order valence-electron chi connectivity index (χ3n) is 7.21. The molecule has 1 amide bonds. The van der Waals surface area contributed by atoms with Crippen molar-refractivity contribution >= 4 is 28.6 Å². The first-order valence-corrected chi connectivity index (χ1v) is 13.1. The van der Waals surface area contributed by atoms with Crippen LogP contribution in [0.15, 0.2) is 48.1 Å². The number of amides is 1. The van der Waals surface area contributed by atoms with Crippen LogP contribution in [0.3, 0.4) is 0 Å². The monoisotopic (exact) mass is 488 g/mol. The fraction of sp³-hybridized carbons (Fsp3) is 0.440. The average Bonchev–Trinajstić information content (AvgIpc) is 3.57. The Morgan fingerprint density at radius 3 is 2.54 bits per heavy atom. The van der Waals surface area contributed by atoms with Crippen LogP contribution in [0.5, 0.6) is 0 Å². The summed E-state index contributed by atoms with van der Waals surface area (Å²) >= 11 is 1.39. The molecule has 0 radical (unpaired) electrons. The average molecular weight is 489 g/mol. The van der Waals surface area contributed by atoms with Crippen LogP contribution in [-0.4, -0.2) is 71.0 Å². The number of carbonyl (C=O) groups is 1. The highest BCUT2D eigenvalue weighted by atomic mass is 32.1. The molecule has 2 saturated heterocycles. The summed E-state index contributed by atoms with van der Waals surface area (Å²) in [6.07, 6.45) is 7.23. The molecule has 0 bridgehead atoms. The minimum Gasteiger partial charge on any atom is -0.342 e. The first-order chi connectivity index (χ1) is 17.3. The smallest absolute Gasteiger partial charge is 0.225 e. The fourth-order valence-electron chi connectivity index (χ4n) is 5.37. The molecule has 10 heteroatoms. The number of likely N-dealkylation sites (tertiary alicyclic amines) is 2. The summed E-state index contributed by atoms with van der Waals surface area (Å²) in [7, 11) is 0. The van der Waals surface area contributed by atoms with Gasteiger partial charge in [-0.25, -0.2) is 9.97 Å². The number of piperidine rings is 2. The van der Waals surface area contributed by atoms with E-state index < -0.39 is 0 Å². The zero-order chi connectivity index (χ0) is 23.6. The number of nitrogens with zero attached hydrogens (tertiary/aromatic N) is 8. The SMILES string of the molecule is O=C(C1CCN(Cc2csnn2)CC1)N1CCC(n2c(-c3ccccn3)nc3cccnc32)CC1. The van der Waals surface area contributed by atoms with E-state index in [9.17, 15) is 4.79 Å². The van der Waals surface area contributed by atoms with Gasteiger partial charge in [-0.1, -0.05) is 10.6 Å². The summed E-state index contributed by atoms with van der Waals surface area (Å²) in [6, 6.07) is 10.1. The molecule has 0 aromatic carbocycles. The molecule has 180 valence electrons. The Hall–Kier alpha value is -3.24. The number of pyridine rings is 2. The molecule has 0 spiro atoms. The largest absolute Gasteiger partial charge is 0.342 e. The molecule has 0 saturated carbocycles. The van der Waals surface area contributed by atoms with Crippen molar-refractivity contribution in [2.24, 2.45) is 5.92 Å². The number of hydrogen-bond donors (Lipinski definition) is 0. The quantitative estimate of drug-likeness (QED) is 0.425. The van der Waals surface area contributed by atoms with Crippen LogP contribution in [-0.2, 0) is 11.3 Å². The Balaban J connectivity index is 1.12. The van der Waals surface area contributed by atoms with Gasteiger partial charge in [-0.2, -0.15) is 0 Å². The molecule has 35 heavy (non-hydrogen) atoms. The van der Waals surface area contributed by atoms with Crippen LogP contribution >= 0.6 is 11.5 Å². The molecule has 0 aliphatic carbocycles. The van der Waals surface area contributed by atoms with Crippen molar-refractivity contribution in [3.8, 4) is 11.5 Å². The normalized spacial score (nSPS) is 18.3. The van der Waals surface area contributed by atoms with E-state index in [1.54, 1.807) is 6.20 Å². The Morgan fingerprint density at radius 1 is 0.971 bits per heavy atom. The van der Waals surface area contributed by atoms with E-state index in [0.717, 1.165) is 86.8 Å². The van der Waals surface area contributed by atoms with Gasteiger partial charge in [0.05, 0.1) is 5.69 Å². The number of rotatable bonds is 5. The summed E-state index contributed by atoms with van der Waals surface area (Å²) in [5.41, 5.74) is 3.64. The minimum absolute atomic E-state index is 0.121. The van der Waals surface area contributed by atoms with Gasteiger partial charge in [-0.15, -0.1) is 5.10 Å². The third-order valence-corrected chi connectivity index (χ3v) is 7.77. The van der Waals surface area contributed by atoms with E-state index >= 15 is 0 Å². The number of fused-ring (bicyclic) bond motifs is 1. The number of carbonyl (C=O) groups excluding carboxylic acids is 1. The van der Waals surface area contributed by atoms with Crippen LogP contribution in [0, 0.1) is 5.92 Å². The Morgan fingerprint density at radius 2 is 1.80 bits per heavy atom. The lowest BCUT2D eigenvalue weighted by atomic mass is 9.93. The Kier molecular flexibility index (Phi) is 6.22. The lowest BCUT2D eigenvalue weighted by Gasteiger charge is -2.37. The van der Waals surface area contributed by atoms with E-state index in [1.807, 2.05) is 41.9 Å². The maximum atomic E-state index is 13.3. The van der Waals surface area contributed by atoms with Crippen LogP contribution in [0.25, 0.3) is 22.7 Å². The van der Waals surface area contributed by atoms with Crippen molar-refractivity contribution in [2.75, 3.05) is 26.2 Å². The van der Waals surface area contributed by atoms with E-state index in [1.165, 1.54) is 11.5 Å². The molecule has 2 aliphatic heterocycles. The van der Waals surface area contributed by atoms with Crippen LogP contribution < -0.4 is 0 Å². The molecule has 2 aliphatic rings. The van der Waals surface area contributed by atoms with E-state index in [0.29, 0.717) is 5.91 Å².